The average Bonchev–Trinajstić information content (AvgIpc) is 2.73. The van der Waals surface area contributed by atoms with Gasteiger partial charge in [-0.3, -0.25) is 4.98 Å². The Kier molecular flexibility index (Phi) is 4.33. The number of nitrogens with one attached hydrogen (secondary N) is 1. The molecule has 0 amide bonds. The van der Waals surface area contributed by atoms with Gasteiger partial charge in [-0.05, 0) is 18.2 Å². The normalized spacial score (nSPS) is 14.2. The zero-order valence-electron chi connectivity index (χ0n) is 14.4. The Hall–Kier alpha value is -3.24. The minimum absolute atomic E-state index is 0.636. The van der Waals surface area contributed by atoms with Crippen molar-refractivity contribution in [3.05, 3.63) is 42.2 Å². The van der Waals surface area contributed by atoms with Crippen LogP contribution in [0, 0.1) is 11.3 Å². The van der Waals surface area contributed by atoms with E-state index in [0.717, 1.165) is 41.1 Å². The molecule has 7 heteroatoms. The first-order valence-electron chi connectivity index (χ1n) is 8.47. The third kappa shape index (κ3) is 2.91. The summed E-state index contributed by atoms with van der Waals surface area (Å²) in [4.78, 5) is 15.6. The second-order valence-electron chi connectivity index (χ2n) is 5.97. The van der Waals surface area contributed by atoms with Crippen molar-refractivity contribution in [1.82, 2.24) is 15.0 Å². The van der Waals surface area contributed by atoms with Gasteiger partial charge in [-0.15, -0.1) is 0 Å². The van der Waals surface area contributed by atoms with Crippen LogP contribution in [-0.4, -0.2) is 48.3 Å². The quantitative estimate of drug-likeness (QED) is 0.779. The van der Waals surface area contributed by atoms with E-state index in [1.165, 1.54) is 0 Å². The highest BCUT2D eigenvalue weighted by molar-refractivity contribution is 5.88. The van der Waals surface area contributed by atoms with Gasteiger partial charge in [0.25, 0.3) is 0 Å². The first-order chi connectivity index (χ1) is 12.8. The fourth-order valence-corrected chi connectivity index (χ4v) is 3.16. The summed E-state index contributed by atoms with van der Waals surface area (Å²) >= 11 is 0. The fraction of sp³-hybridized carbons (Fsp3) is 0.263. The molecule has 0 aliphatic carbocycles. The largest absolute Gasteiger partial charge is 0.378 e. The van der Waals surface area contributed by atoms with Crippen molar-refractivity contribution in [2.75, 3.05) is 43.6 Å². The van der Waals surface area contributed by atoms with E-state index in [4.69, 9.17) is 4.74 Å². The van der Waals surface area contributed by atoms with Crippen molar-refractivity contribution < 1.29 is 4.74 Å². The minimum atomic E-state index is 0.636. The van der Waals surface area contributed by atoms with Crippen LogP contribution in [0.25, 0.3) is 22.3 Å². The molecule has 1 aliphatic rings. The molecule has 130 valence electrons. The van der Waals surface area contributed by atoms with Crippen LogP contribution < -0.4 is 10.2 Å². The number of nitriles is 1. The summed E-state index contributed by atoms with van der Waals surface area (Å²) in [5.41, 5.74) is 4.70. The molecule has 1 saturated heterocycles. The number of hydrogen-bond donors (Lipinski definition) is 1. The Bertz CT molecular complexity index is 991. The van der Waals surface area contributed by atoms with Gasteiger partial charge in [-0.1, -0.05) is 6.07 Å². The van der Waals surface area contributed by atoms with Gasteiger partial charge < -0.3 is 15.0 Å². The summed E-state index contributed by atoms with van der Waals surface area (Å²) in [6, 6.07) is 10.1. The minimum Gasteiger partial charge on any atom is -0.378 e. The maximum absolute atomic E-state index is 9.63. The Morgan fingerprint density at radius 2 is 1.96 bits per heavy atom. The van der Waals surface area contributed by atoms with Crippen molar-refractivity contribution in [2.45, 2.75) is 0 Å². The molecule has 1 aromatic carbocycles. The van der Waals surface area contributed by atoms with E-state index in [1.807, 2.05) is 31.3 Å². The lowest BCUT2D eigenvalue weighted by Gasteiger charge is -2.29. The van der Waals surface area contributed by atoms with Gasteiger partial charge in [0.15, 0.2) is 5.82 Å². The first-order valence-corrected chi connectivity index (χ1v) is 8.47. The summed E-state index contributed by atoms with van der Waals surface area (Å²) in [6.45, 7) is 2.95. The zero-order valence-corrected chi connectivity index (χ0v) is 14.4. The number of fused-ring (bicyclic) bond motifs is 1. The third-order valence-corrected chi connectivity index (χ3v) is 4.46. The number of pyridine rings is 1. The Balaban J connectivity index is 1.78. The van der Waals surface area contributed by atoms with Crippen LogP contribution in [0.3, 0.4) is 0 Å². The lowest BCUT2D eigenvalue weighted by Crippen LogP contribution is -2.36. The molecule has 3 heterocycles. The van der Waals surface area contributed by atoms with E-state index in [-0.39, 0.29) is 0 Å². The molecule has 1 N–H and O–H groups in total. The standard InChI is InChI=1S/C19H18N6O/c1-21-19-18-16(22-4-5-23-18)11-15(24-19)13-2-3-17(14(10-13)12-20)25-6-8-26-9-7-25/h2-5,10-11H,6-9H2,1H3,(H,21,24). The molecule has 0 unspecified atom stereocenters. The van der Waals surface area contributed by atoms with Gasteiger partial charge in [0, 0.05) is 38.1 Å². The van der Waals surface area contributed by atoms with E-state index in [0.29, 0.717) is 24.6 Å². The van der Waals surface area contributed by atoms with Crippen LogP contribution in [0.5, 0.6) is 0 Å². The van der Waals surface area contributed by atoms with Gasteiger partial charge in [-0.25, -0.2) is 9.97 Å². The molecule has 26 heavy (non-hydrogen) atoms. The summed E-state index contributed by atoms with van der Waals surface area (Å²) in [7, 11) is 1.81. The summed E-state index contributed by atoms with van der Waals surface area (Å²) in [5.74, 6) is 0.668. The average molecular weight is 346 g/mol. The molecule has 3 aromatic rings. The highest BCUT2D eigenvalue weighted by Gasteiger charge is 2.16. The van der Waals surface area contributed by atoms with Crippen molar-refractivity contribution >= 4 is 22.5 Å². The van der Waals surface area contributed by atoms with Crippen LogP contribution in [-0.2, 0) is 4.74 Å². The lowest BCUT2D eigenvalue weighted by molar-refractivity contribution is 0.122. The maximum Gasteiger partial charge on any atom is 0.154 e. The van der Waals surface area contributed by atoms with E-state index < -0.39 is 0 Å². The number of anilines is 2. The summed E-state index contributed by atoms with van der Waals surface area (Å²) in [6.07, 6.45) is 3.31. The molecule has 4 rings (SSSR count). The Morgan fingerprint density at radius 1 is 1.15 bits per heavy atom. The molecule has 0 radical (unpaired) electrons. The van der Waals surface area contributed by atoms with E-state index >= 15 is 0 Å². The van der Waals surface area contributed by atoms with Crippen molar-refractivity contribution in [2.24, 2.45) is 0 Å². The fourth-order valence-electron chi connectivity index (χ4n) is 3.16. The number of hydrogen-bond acceptors (Lipinski definition) is 7. The highest BCUT2D eigenvalue weighted by atomic mass is 16.5. The third-order valence-electron chi connectivity index (χ3n) is 4.46. The molecule has 1 fully saturated rings. The van der Waals surface area contributed by atoms with Gasteiger partial charge in [0.1, 0.15) is 11.6 Å². The molecule has 7 nitrogen and oxygen atoms in total. The lowest BCUT2D eigenvalue weighted by atomic mass is 10.0. The van der Waals surface area contributed by atoms with Crippen LogP contribution in [0.2, 0.25) is 0 Å². The Morgan fingerprint density at radius 3 is 2.73 bits per heavy atom. The van der Waals surface area contributed by atoms with Crippen LogP contribution in [0.1, 0.15) is 5.56 Å². The monoisotopic (exact) mass is 346 g/mol. The second kappa shape index (κ2) is 6.94. The van der Waals surface area contributed by atoms with E-state index in [9.17, 15) is 5.26 Å². The number of rotatable bonds is 3. The maximum atomic E-state index is 9.63. The van der Waals surface area contributed by atoms with Crippen LogP contribution in [0.15, 0.2) is 36.7 Å². The highest BCUT2D eigenvalue weighted by Crippen LogP contribution is 2.29. The topological polar surface area (TPSA) is 87.0 Å². The predicted molar refractivity (Wildman–Crippen MR) is 100 cm³/mol. The van der Waals surface area contributed by atoms with Crippen molar-refractivity contribution in [3.8, 4) is 17.3 Å². The Labute approximate surface area is 151 Å². The van der Waals surface area contributed by atoms with Gasteiger partial charge in [-0.2, -0.15) is 5.26 Å². The second-order valence-corrected chi connectivity index (χ2v) is 5.97. The summed E-state index contributed by atoms with van der Waals surface area (Å²) < 4.78 is 5.40. The van der Waals surface area contributed by atoms with E-state index in [1.54, 1.807) is 12.4 Å². The SMILES string of the molecule is CNc1nc(-c2ccc(N3CCOCC3)c(C#N)c2)cc2nccnc12. The van der Waals surface area contributed by atoms with E-state index in [2.05, 4.69) is 31.2 Å². The molecule has 0 bridgehead atoms. The molecule has 0 spiro atoms. The predicted octanol–water partition coefficient (Wildman–Crippen LogP) is 2.44. The molecular formula is C19H18N6O. The van der Waals surface area contributed by atoms with Crippen molar-refractivity contribution in [3.63, 3.8) is 0 Å². The number of benzene rings is 1. The van der Waals surface area contributed by atoms with Crippen LogP contribution >= 0.6 is 0 Å². The smallest absolute Gasteiger partial charge is 0.154 e. The van der Waals surface area contributed by atoms with Gasteiger partial charge in [0.2, 0.25) is 0 Å². The molecule has 0 atom stereocenters. The summed E-state index contributed by atoms with van der Waals surface area (Å²) in [5, 5.41) is 12.7. The number of aromatic nitrogens is 3. The molecular weight excluding hydrogens is 328 g/mol. The number of nitrogens with zero attached hydrogens (tertiary/aromatic N) is 5. The molecule has 1 aliphatic heterocycles. The van der Waals surface area contributed by atoms with Gasteiger partial charge >= 0.3 is 0 Å². The molecule has 2 aromatic heterocycles. The first kappa shape index (κ1) is 16.2. The number of morpholine rings is 1. The van der Waals surface area contributed by atoms with Crippen LogP contribution in [0.4, 0.5) is 11.5 Å². The number of ether oxygens (including phenoxy) is 1. The zero-order chi connectivity index (χ0) is 17.9. The molecule has 0 saturated carbocycles. The van der Waals surface area contributed by atoms with Gasteiger partial charge in [0.05, 0.1) is 35.7 Å². The van der Waals surface area contributed by atoms with Crippen molar-refractivity contribution in [1.29, 1.82) is 5.26 Å².